The Kier molecular flexibility index (Phi) is 7.95. The van der Waals surface area contributed by atoms with Crippen LogP contribution in [0.1, 0.15) is 32.1 Å². The van der Waals surface area contributed by atoms with E-state index in [0.29, 0.717) is 46.5 Å². The molecule has 7 rings (SSSR count). The Bertz CT molecular complexity index is 1900. The fraction of sp³-hybridized carbons (Fsp3) is 0.382. The number of pyridine rings is 1. The van der Waals surface area contributed by atoms with E-state index < -0.39 is 23.6 Å². The van der Waals surface area contributed by atoms with Gasteiger partial charge in [-0.1, -0.05) is 42.4 Å². The van der Waals surface area contributed by atoms with Crippen molar-refractivity contribution in [3.05, 3.63) is 65.8 Å². The van der Waals surface area contributed by atoms with E-state index in [1.807, 2.05) is 29.2 Å². The van der Waals surface area contributed by atoms with Crippen molar-refractivity contribution in [1.82, 2.24) is 24.8 Å². The summed E-state index contributed by atoms with van der Waals surface area (Å²) in [5.41, 5.74) is 2.39. The predicted molar refractivity (Wildman–Crippen MR) is 172 cm³/mol. The number of carbonyl (C=O) groups excluding carboxylic acids is 1. The van der Waals surface area contributed by atoms with Crippen molar-refractivity contribution >= 4 is 45.1 Å². The molecule has 3 fully saturated rings. The zero-order valence-corrected chi connectivity index (χ0v) is 25.9. The second kappa shape index (κ2) is 12.1. The SMILES string of the molecule is C=C(F)C(=O)N1CCN(c2nc(OCC34CCCN3CCC4)nc3cc(-c4cccc5ccc(F)c(Cl)c45)cnc23)C[C@@H]1CC#N. The second-order valence-electron chi connectivity index (χ2n) is 12.3. The van der Waals surface area contributed by atoms with Gasteiger partial charge in [0.05, 0.1) is 34.6 Å². The highest BCUT2D eigenvalue weighted by atomic mass is 35.5. The van der Waals surface area contributed by atoms with E-state index in [1.54, 1.807) is 12.3 Å². The average Bonchev–Trinajstić information content (AvgIpc) is 3.65. The minimum absolute atomic E-state index is 0.0101. The van der Waals surface area contributed by atoms with Gasteiger partial charge in [-0.15, -0.1) is 0 Å². The summed E-state index contributed by atoms with van der Waals surface area (Å²) < 4.78 is 34.8. The summed E-state index contributed by atoms with van der Waals surface area (Å²) in [6.45, 7) is 6.47. The van der Waals surface area contributed by atoms with Crippen LogP contribution in [-0.4, -0.2) is 81.6 Å². The zero-order chi connectivity index (χ0) is 32.0. The number of rotatable bonds is 7. The topological polar surface area (TPSA) is 98.5 Å². The summed E-state index contributed by atoms with van der Waals surface area (Å²) in [6.07, 6.45) is 6.06. The van der Waals surface area contributed by atoms with Gasteiger partial charge in [-0.2, -0.15) is 15.2 Å². The molecular weight excluding hydrogens is 612 g/mol. The molecule has 3 aliphatic rings. The third kappa shape index (κ3) is 5.29. The maximum atomic E-state index is 14.6. The molecule has 5 heterocycles. The lowest BCUT2D eigenvalue weighted by atomic mass is 9.95. The minimum Gasteiger partial charge on any atom is -0.461 e. The molecule has 0 spiro atoms. The summed E-state index contributed by atoms with van der Waals surface area (Å²) in [4.78, 5) is 32.8. The number of piperazine rings is 1. The molecule has 0 saturated carbocycles. The molecule has 46 heavy (non-hydrogen) atoms. The van der Waals surface area contributed by atoms with Gasteiger partial charge in [-0.05, 0) is 61.9 Å². The number of benzene rings is 2. The van der Waals surface area contributed by atoms with Crippen molar-refractivity contribution in [2.45, 2.75) is 43.7 Å². The molecule has 1 amide bonds. The van der Waals surface area contributed by atoms with Gasteiger partial charge in [0.2, 0.25) is 0 Å². The van der Waals surface area contributed by atoms with Crippen molar-refractivity contribution in [3.8, 4) is 23.2 Å². The summed E-state index contributed by atoms with van der Waals surface area (Å²) in [6, 6.07) is 12.3. The normalized spacial score (nSPS) is 19.4. The highest BCUT2D eigenvalue weighted by Gasteiger charge is 2.45. The van der Waals surface area contributed by atoms with Crippen molar-refractivity contribution in [1.29, 1.82) is 5.26 Å². The lowest BCUT2D eigenvalue weighted by molar-refractivity contribution is -0.131. The van der Waals surface area contributed by atoms with Gasteiger partial charge in [0.1, 0.15) is 17.9 Å². The number of hydrogen-bond acceptors (Lipinski definition) is 8. The second-order valence-corrected chi connectivity index (χ2v) is 12.6. The lowest BCUT2D eigenvalue weighted by Gasteiger charge is -2.41. The Morgan fingerprint density at radius 1 is 1.15 bits per heavy atom. The smallest absolute Gasteiger partial charge is 0.319 e. The Labute approximate surface area is 270 Å². The molecule has 0 bridgehead atoms. The number of fused-ring (bicyclic) bond motifs is 3. The summed E-state index contributed by atoms with van der Waals surface area (Å²) >= 11 is 6.46. The lowest BCUT2D eigenvalue weighted by Crippen LogP contribution is -2.55. The van der Waals surface area contributed by atoms with Crippen LogP contribution in [0.4, 0.5) is 14.6 Å². The van der Waals surface area contributed by atoms with Crippen LogP contribution in [0.15, 0.2) is 55.0 Å². The molecule has 0 N–H and O–H groups in total. The van der Waals surface area contributed by atoms with Gasteiger partial charge >= 0.3 is 6.01 Å². The number of hydrogen-bond donors (Lipinski definition) is 0. The number of nitrogens with zero attached hydrogens (tertiary/aromatic N) is 7. The third-order valence-corrected chi connectivity index (χ3v) is 10.00. The number of amides is 1. The van der Waals surface area contributed by atoms with E-state index in [4.69, 9.17) is 31.3 Å². The number of carbonyl (C=O) groups is 1. The fourth-order valence-corrected chi connectivity index (χ4v) is 7.65. The van der Waals surface area contributed by atoms with Gasteiger partial charge in [0.15, 0.2) is 11.6 Å². The number of halogens is 3. The molecule has 2 aromatic carbocycles. The van der Waals surface area contributed by atoms with Gasteiger partial charge in [-0.25, -0.2) is 8.78 Å². The first kappa shape index (κ1) is 30.3. The van der Waals surface area contributed by atoms with Gasteiger partial charge in [-0.3, -0.25) is 14.7 Å². The largest absolute Gasteiger partial charge is 0.461 e. The minimum atomic E-state index is -1.06. The molecule has 3 saturated heterocycles. The number of nitriles is 1. The van der Waals surface area contributed by atoms with Crippen LogP contribution in [0.25, 0.3) is 32.9 Å². The van der Waals surface area contributed by atoms with E-state index in [1.165, 1.54) is 11.0 Å². The van der Waals surface area contributed by atoms with E-state index in [9.17, 15) is 18.8 Å². The van der Waals surface area contributed by atoms with Crippen LogP contribution in [0.5, 0.6) is 6.01 Å². The van der Waals surface area contributed by atoms with E-state index in [2.05, 4.69) is 17.5 Å². The first-order valence-corrected chi connectivity index (χ1v) is 15.9. The van der Waals surface area contributed by atoms with Crippen molar-refractivity contribution in [3.63, 3.8) is 0 Å². The van der Waals surface area contributed by atoms with Crippen molar-refractivity contribution < 1.29 is 18.3 Å². The van der Waals surface area contributed by atoms with Gasteiger partial charge in [0.25, 0.3) is 5.91 Å². The predicted octanol–water partition coefficient (Wildman–Crippen LogP) is 6.06. The quantitative estimate of drug-likeness (QED) is 0.224. The van der Waals surface area contributed by atoms with Crippen LogP contribution < -0.4 is 9.64 Å². The monoisotopic (exact) mass is 643 g/mol. The molecule has 0 unspecified atom stereocenters. The highest BCUT2D eigenvalue weighted by molar-refractivity contribution is 6.36. The van der Waals surface area contributed by atoms with Crippen LogP contribution in [-0.2, 0) is 4.79 Å². The van der Waals surface area contributed by atoms with Crippen LogP contribution in [0, 0.1) is 17.1 Å². The first-order valence-electron chi connectivity index (χ1n) is 15.5. The molecule has 1 atom stereocenters. The van der Waals surface area contributed by atoms with E-state index in [0.717, 1.165) is 44.2 Å². The van der Waals surface area contributed by atoms with E-state index >= 15 is 0 Å². The van der Waals surface area contributed by atoms with Crippen molar-refractivity contribution in [2.24, 2.45) is 0 Å². The Morgan fingerprint density at radius 3 is 2.72 bits per heavy atom. The highest BCUT2D eigenvalue weighted by Crippen LogP contribution is 2.40. The van der Waals surface area contributed by atoms with Crippen LogP contribution >= 0.6 is 11.6 Å². The molecule has 2 aromatic heterocycles. The van der Waals surface area contributed by atoms with Crippen LogP contribution in [0.3, 0.4) is 0 Å². The molecule has 236 valence electrons. The Balaban J connectivity index is 1.30. The number of ether oxygens (including phenoxy) is 1. The van der Waals surface area contributed by atoms with Gasteiger partial charge < -0.3 is 14.5 Å². The Hall–Kier alpha value is -4.40. The summed E-state index contributed by atoms with van der Waals surface area (Å²) in [5, 5.41) is 10.9. The first-order chi connectivity index (χ1) is 22.3. The van der Waals surface area contributed by atoms with Gasteiger partial charge in [0, 0.05) is 36.8 Å². The molecule has 0 aliphatic carbocycles. The van der Waals surface area contributed by atoms with Crippen molar-refractivity contribution in [2.75, 3.05) is 44.2 Å². The van der Waals surface area contributed by atoms with E-state index in [-0.39, 0.29) is 36.1 Å². The summed E-state index contributed by atoms with van der Waals surface area (Å²) in [5.74, 6) is -1.89. The molecule has 4 aromatic rings. The zero-order valence-electron chi connectivity index (χ0n) is 25.2. The maximum Gasteiger partial charge on any atom is 0.319 e. The molecular formula is C34H32ClF2N7O2. The third-order valence-electron chi connectivity index (χ3n) is 9.63. The number of anilines is 1. The molecule has 3 aliphatic heterocycles. The maximum absolute atomic E-state index is 14.6. The molecule has 0 radical (unpaired) electrons. The molecule has 12 heteroatoms. The Morgan fingerprint density at radius 2 is 1.96 bits per heavy atom. The number of aromatic nitrogens is 3. The fourth-order valence-electron chi connectivity index (χ4n) is 7.38. The summed E-state index contributed by atoms with van der Waals surface area (Å²) in [7, 11) is 0. The average molecular weight is 644 g/mol. The van der Waals surface area contributed by atoms with Crippen LogP contribution in [0.2, 0.25) is 5.02 Å². The molecule has 9 nitrogen and oxygen atoms in total. The standard InChI is InChI=1S/C34H32ClF2N7O2/c1-21(36)32(45)44-16-15-42(19-24(44)9-12-38)31-30-27(40-33(41-31)46-20-34-10-3-13-43(34)14-4-11-34)17-23(18-39-30)25-6-2-5-22-7-8-26(37)29(35)28(22)25/h2,5-8,17-18,24H,1,3-4,9-11,13-16,19-20H2/t24-/m0/s1.